The maximum atomic E-state index is 11.9. The number of nitrogens with one attached hydrogen (secondary N) is 1. The topological polar surface area (TPSA) is 75.7 Å². The van der Waals surface area contributed by atoms with Crippen molar-refractivity contribution in [2.75, 3.05) is 19.3 Å². The monoisotopic (exact) mass is 298 g/mol. The van der Waals surface area contributed by atoms with Crippen molar-refractivity contribution in [3.05, 3.63) is 30.3 Å². The summed E-state index contributed by atoms with van der Waals surface area (Å²) in [6.45, 7) is 0.970. The first-order valence-electron chi connectivity index (χ1n) is 6.43. The standard InChI is InChI=1S/C13H18N2O4S/c1-20(17,18)14-11-7-9-15(10-8-11)13(16)19-12-5-3-2-4-6-12/h2-6,11,14H,7-10H2,1H3. The van der Waals surface area contributed by atoms with Crippen molar-refractivity contribution in [2.24, 2.45) is 0 Å². The normalized spacial score (nSPS) is 16.9. The molecule has 0 spiro atoms. The molecule has 0 saturated carbocycles. The Morgan fingerprint density at radius 3 is 2.40 bits per heavy atom. The molecule has 0 unspecified atom stereocenters. The average Bonchev–Trinajstić information content (AvgIpc) is 2.39. The van der Waals surface area contributed by atoms with Gasteiger partial charge in [-0.15, -0.1) is 0 Å². The zero-order valence-corrected chi connectivity index (χ0v) is 12.1. The molecule has 110 valence electrons. The number of carbonyl (C=O) groups is 1. The number of amides is 1. The molecule has 1 amide bonds. The van der Waals surface area contributed by atoms with Gasteiger partial charge in [-0.3, -0.25) is 0 Å². The first kappa shape index (κ1) is 14.8. The fourth-order valence-electron chi connectivity index (χ4n) is 2.14. The van der Waals surface area contributed by atoms with E-state index in [1.165, 1.54) is 0 Å². The second-order valence-electron chi connectivity index (χ2n) is 4.83. The van der Waals surface area contributed by atoms with Gasteiger partial charge in [0.15, 0.2) is 0 Å². The van der Waals surface area contributed by atoms with E-state index in [1.807, 2.05) is 6.07 Å². The molecule has 0 aromatic heterocycles. The predicted octanol–water partition coefficient (Wildman–Crippen LogP) is 1.20. The summed E-state index contributed by atoms with van der Waals surface area (Å²) in [6.07, 6.45) is 1.94. The molecule has 0 atom stereocenters. The highest BCUT2D eigenvalue weighted by atomic mass is 32.2. The van der Waals surface area contributed by atoms with Gasteiger partial charge in [0.2, 0.25) is 10.0 Å². The molecule has 1 heterocycles. The average molecular weight is 298 g/mol. The number of ether oxygens (including phenoxy) is 1. The van der Waals surface area contributed by atoms with E-state index < -0.39 is 16.1 Å². The third-order valence-corrected chi connectivity index (χ3v) is 3.84. The van der Waals surface area contributed by atoms with Crippen LogP contribution in [0.1, 0.15) is 12.8 Å². The van der Waals surface area contributed by atoms with Gasteiger partial charge in [0.05, 0.1) is 6.26 Å². The van der Waals surface area contributed by atoms with Gasteiger partial charge in [-0.25, -0.2) is 17.9 Å². The maximum absolute atomic E-state index is 11.9. The third kappa shape index (κ3) is 4.50. The van der Waals surface area contributed by atoms with E-state index in [1.54, 1.807) is 29.2 Å². The minimum atomic E-state index is -3.19. The molecule has 20 heavy (non-hydrogen) atoms. The highest BCUT2D eigenvalue weighted by Crippen LogP contribution is 2.15. The minimum absolute atomic E-state index is 0.106. The Balaban J connectivity index is 1.83. The molecule has 0 aliphatic carbocycles. The van der Waals surface area contributed by atoms with E-state index in [0.717, 1.165) is 6.26 Å². The van der Waals surface area contributed by atoms with Gasteiger partial charge >= 0.3 is 6.09 Å². The molecular formula is C13H18N2O4S. The lowest BCUT2D eigenvalue weighted by Crippen LogP contribution is -2.47. The van der Waals surface area contributed by atoms with Crippen molar-refractivity contribution in [3.63, 3.8) is 0 Å². The van der Waals surface area contributed by atoms with Gasteiger partial charge < -0.3 is 9.64 Å². The lowest BCUT2D eigenvalue weighted by molar-refractivity contribution is 0.138. The van der Waals surface area contributed by atoms with Crippen molar-refractivity contribution >= 4 is 16.1 Å². The predicted molar refractivity (Wildman–Crippen MR) is 75.0 cm³/mol. The number of nitrogens with zero attached hydrogens (tertiary/aromatic N) is 1. The van der Waals surface area contributed by atoms with E-state index in [9.17, 15) is 13.2 Å². The Morgan fingerprint density at radius 1 is 1.25 bits per heavy atom. The zero-order chi connectivity index (χ0) is 14.6. The molecule has 1 saturated heterocycles. The highest BCUT2D eigenvalue weighted by Gasteiger charge is 2.25. The molecule has 6 nitrogen and oxygen atoms in total. The smallest absolute Gasteiger partial charge is 0.410 e. The molecule has 1 aromatic rings. The molecular weight excluding hydrogens is 280 g/mol. The summed E-state index contributed by atoms with van der Waals surface area (Å²) in [4.78, 5) is 13.5. The highest BCUT2D eigenvalue weighted by molar-refractivity contribution is 7.88. The molecule has 1 N–H and O–H groups in total. The number of para-hydroxylation sites is 1. The summed E-state index contributed by atoms with van der Waals surface area (Å²) in [7, 11) is -3.19. The molecule has 1 fully saturated rings. The molecule has 1 aromatic carbocycles. The fourth-order valence-corrected chi connectivity index (χ4v) is 2.98. The molecule has 1 aliphatic heterocycles. The Kier molecular flexibility index (Phi) is 4.61. The fraction of sp³-hybridized carbons (Fsp3) is 0.462. The summed E-state index contributed by atoms with van der Waals surface area (Å²) in [5, 5.41) is 0. The van der Waals surface area contributed by atoms with Gasteiger partial charge in [0, 0.05) is 19.1 Å². The summed E-state index contributed by atoms with van der Waals surface area (Å²) < 4.78 is 30.1. The lowest BCUT2D eigenvalue weighted by Gasteiger charge is -2.31. The van der Waals surface area contributed by atoms with E-state index >= 15 is 0 Å². The van der Waals surface area contributed by atoms with Crippen LogP contribution in [0.15, 0.2) is 30.3 Å². The summed E-state index contributed by atoms with van der Waals surface area (Å²) >= 11 is 0. The van der Waals surface area contributed by atoms with Crippen LogP contribution < -0.4 is 9.46 Å². The van der Waals surface area contributed by atoms with Crippen LogP contribution in [-0.2, 0) is 10.0 Å². The van der Waals surface area contributed by atoms with Crippen molar-refractivity contribution in [1.29, 1.82) is 0 Å². The van der Waals surface area contributed by atoms with Crippen LogP contribution >= 0.6 is 0 Å². The molecule has 0 bridgehead atoms. The van der Waals surface area contributed by atoms with E-state index in [4.69, 9.17) is 4.74 Å². The number of likely N-dealkylation sites (tertiary alicyclic amines) is 1. The van der Waals surface area contributed by atoms with Crippen molar-refractivity contribution < 1.29 is 17.9 Å². The number of benzene rings is 1. The largest absolute Gasteiger partial charge is 0.415 e. The van der Waals surface area contributed by atoms with E-state index in [-0.39, 0.29) is 6.04 Å². The molecule has 2 rings (SSSR count). The van der Waals surface area contributed by atoms with Crippen molar-refractivity contribution in [2.45, 2.75) is 18.9 Å². The quantitative estimate of drug-likeness (QED) is 0.909. The van der Waals surface area contributed by atoms with Crippen LogP contribution in [0.25, 0.3) is 0 Å². The second kappa shape index (κ2) is 6.23. The second-order valence-corrected chi connectivity index (χ2v) is 6.61. The van der Waals surface area contributed by atoms with Crippen LogP contribution in [0.2, 0.25) is 0 Å². The van der Waals surface area contributed by atoms with Crippen LogP contribution in [-0.4, -0.2) is 44.8 Å². The summed E-state index contributed by atoms with van der Waals surface area (Å²) in [6, 6.07) is 8.77. The van der Waals surface area contributed by atoms with Crippen LogP contribution in [0, 0.1) is 0 Å². The Hall–Kier alpha value is -1.60. The number of sulfonamides is 1. The Bertz CT molecular complexity index is 551. The number of carbonyl (C=O) groups excluding carboxylic acids is 1. The molecule has 0 radical (unpaired) electrons. The van der Waals surface area contributed by atoms with Crippen molar-refractivity contribution in [3.8, 4) is 5.75 Å². The van der Waals surface area contributed by atoms with Gasteiger partial charge in [0.1, 0.15) is 5.75 Å². The molecule has 7 heteroatoms. The van der Waals surface area contributed by atoms with Crippen molar-refractivity contribution in [1.82, 2.24) is 9.62 Å². The van der Waals surface area contributed by atoms with Crippen LogP contribution in [0.5, 0.6) is 5.75 Å². The SMILES string of the molecule is CS(=O)(=O)NC1CCN(C(=O)Oc2ccccc2)CC1. The Labute approximate surface area is 118 Å². The first-order valence-corrected chi connectivity index (χ1v) is 8.32. The van der Waals surface area contributed by atoms with Gasteiger partial charge in [-0.05, 0) is 25.0 Å². The molecule has 1 aliphatic rings. The van der Waals surface area contributed by atoms with Gasteiger partial charge in [0.25, 0.3) is 0 Å². The van der Waals surface area contributed by atoms with E-state index in [0.29, 0.717) is 31.7 Å². The number of hydrogen-bond acceptors (Lipinski definition) is 4. The number of hydrogen-bond donors (Lipinski definition) is 1. The number of rotatable bonds is 3. The summed E-state index contributed by atoms with van der Waals surface area (Å²) in [5.41, 5.74) is 0. The minimum Gasteiger partial charge on any atom is -0.410 e. The maximum Gasteiger partial charge on any atom is 0.415 e. The van der Waals surface area contributed by atoms with Crippen LogP contribution in [0.3, 0.4) is 0 Å². The third-order valence-electron chi connectivity index (χ3n) is 3.08. The lowest BCUT2D eigenvalue weighted by atomic mass is 10.1. The van der Waals surface area contributed by atoms with E-state index in [2.05, 4.69) is 4.72 Å². The zero-order valence-electron chi connectivity index (χ0n) is 11.3. The Morgan fingerprint density at radius 2 is 1.85 bits per heavy atom. The van der Waals surface area contributed by atoms with Gasteiger partial charge in [-0.1, -0.05) is 18.2 Å². The summed E-state index contributed by atoms with van der Waals surface area (Å²) in [5.74, 6) is 0.508. The first-order chi connectivity index (χ1) is 9.44. The van der Waals surface area contributed by atoms with Crippen LogP contribution in [0.4, 0.5) is 4.79 Å². The van der Waals surface area contributed by atoms with Gasteiger partial charge in [-0.2, -0.15) is 0 Å². The number of piperidine rings is 1.